The molecule has 22 heavy (non-hydrogen) atoms. The molecule has 0 atom stereocenters. The minimum Gasteiger partial charge on any atom is -0.456 e. The van der Waals surface area contributed by atoms with Crippen LogP contribution in [-0.2, 0) is 14.3 Å². The molecular weight excluding hydrogens is 276 g/mol. The number of esters is 1. The van der Waals surface area contributed by atoms with Crippen molar-refractivity contribution < 1.29 is 14.3 Å². The molecule has 2 rings (SSSR count). The van der Waals surface area contributed by atoms with E-state index in [1.807, 2.05) is 42.5 Å². The van der Waals surface area contributed by atoms with Crippen molar-refractivity contribution in [2.75, 3.05) is 0 Å². The van der Waals surface area contributed by atoms with Crippen molar-refractivity contribution in [1.29, 1.82) is 0 Å². The van der Waals surface area contributed by atoms with Gasteiger partial charge in [0.25, 0.3) is 0 Å². The number of benzene rings is 2. The second-order valence-corrected chi connectivity index (χ2v) is 6.18. The second-order valence-electron chi connectivity index (χ2n) is 6.18. The van der Waals surface area contributed by atoms with E-state index in [1.165, 1.54) is 6.92 Å². The van der Waals surface area contributed by atoms with Crippen LogP contribution in [0, 0.1) is 0 Å². The summed E-state index contributed by atoms with van der Waals surface area (Å²) in [6.45, 7) is 6.71. The quantitative estimate of drug-likeness (QED) is 0.370. The van der Waals surface area contributed by atoms with Crippen molar-refractivity contribution in [3.63, 3.8) is 0 Å². The van der Waals surface area contributed by atoms with Crippen molar-refractivity contribution in [3.05, 3.63) is 53.6 Å². The number of hydrogen-bond donors (Lipinski definition) is 0. The molecule has 0 saturated heterocycles. The Morgan fingerprint density at radius 1 is 1.00 bits per heavy atom. The summed E-state index contributed by atoms with van der Waals surface area (Å²) in [5, 5.41) is 2.05. The fourth-order valence-corrected chi connectivity index (χ4v) is 2.17. The smallest absolute Gasteiger partial charge is 0.342 e. The lowest BCUT2D eigenvalue weighted by Crippen LogP contribution is -2.26. The summed E-state index contributed by atoms with van der Waals surface area (Å²) in [6, 6.07) is 13.6. The van der Waals surface area contributed by atoms with E-state index >= 15 is 0 Å². The molecule has 0 amide bonds. The molecule has 0 aliphatic carbocycles. The van der Waals surface area contributed by atoms with Gasteiger partial charge in [-0.25, -0.2) is 4.79 Å². The zero-order valence-corrected chi connectivity index (χ0v) is 13.3. The standard InChI is InChI=1S/C19H20O3/c1-13(20)17(18(21)22-19(2,3)4)12-15-10-7-9-14-8-5-6-11-16(14)15/h5-12H,1-4H3. The average molecular weight is 296 g/mol. The van der Waals surface area contributed by atoms with Crippen molar-refractivity contribution in [2.45, 2.75) is 33.3 Å². The number of carbonyl (C=O) groups is 2. The first-order chi connectivity index (χ1) is 10.3. The summed E-state index contributed by atoms with van der Waals surface area (Å²) in [7, 11) is 0. The van der Waals surface area contributed by atoms with E-state index in [0.717, 1.165) is 16.3 Å². The normalized spacial score (nSPS) is 12.3. The minimum absolute atomic E-state index is 0.0614. The van der Waals surface area contributed by atoms with Crippen LogP contribution in [0.3, 0.4) is 0 Å². The summed E-state index contributed by atoms with van der Waals surface area (Å²) in [6.07, 6.45) is 1.61. The molecule has 2 aromatic rings. The first kappa shape index (κ1) is 16.0. The van der Waals surface area contributed by atoms with Gasteiger partial charge in [0.1, 0.15) is 11.2 Å². The highest BCUT2D eigenvalue weighted by Crippen LogP contribution is 2.22. The number of ketones is 1. The summed E-state index contributed by atoms with van der Waals surface area (Å²) in [5.41, 5.74) is 0.255. The zero-order valence-electron chi connectivity index (χ0n) is 13.3. The Kier molecular flexibility index (Phi) is 4.45. The molecule has 0 fully saturated rings. The van der Waals surface area contributed by atoms with Gasteiger partial charge in [-0.2, -0.15) is 0 Å². The lowest BCUT2D eigenvalue weighted by Gasteiger charge is -2.20. The highest BCUT2D eigenvalue weighted by molar-refractivity contribution is 6.20. The molecule has 0 unspecified atom stereocenters. The Balaban J connectivity index is 2.50. The molecule has 0 radical (unpaired) electrons. The maximum atomic E-state index is 12.2. The van der Waals surface area contributed by atoms with E-state index in [4.69, 9.17) is 4.74 Å². The molecule has 0 aliphatic rings. The molecule has 0 bridgehead atoms. The van der Waals surface area contributed by atoms with Gasteiger partial charge >= 0.3 is 5.97 Å². The molecule has 3 nitrogen and oxygen atoms in total. The number of Topliss-reactive ketones (excluding diaryl/α,β-unsaturated/α-hetero) is 1. The molecule has 3 heteroatoms. The molecular formula is C19H20O3. The Labute approximate surface area is 130 Å². The Morgan fingerprint density at radius 3 is 2.27 bits per heavy atom. The van der Waals surface area contributed by atoms with Crippen LogP contribution in [0.5, 0.6) is 0 Å². The zero-order chi connectivity index (χ0) is 16.3. The van der Waals surface area contributed by atoms with Gasteiger partial charge in [0.05, 0.1) is 0 Å². The number of hydrogen-bond acceptors (Lipinski definition) is 3. The number of rotatable bonds is 3. The van der Waals surface area contributed by atoms with E-state index in [-0.39, 0.29) is 11.4 Å². The van der Waals surface area contributed by atoms with E-state index in [1.54, 1.807) is 26.8 Å². The Hall–Kier alpha value is -2.42. The van der Waals surface area contributed by atoms with E-state index in [9.17, 15) is 9.59 Å². The van der Waals surface area contributed by atoms with Crippen LogP contribution in [-0.4, -0.2) is 17.4 Å². The maximum absolute atomic E-state index is 12.2. The molecule has 0 aromatic heterocycles. The molecule has 2 aromatic carbocycles. The highest BCUT2D eigenvalue weighted by Gasteiger charge is 2.22. The van der Waals surface area contributed by atoms with Gasteiger partial charge in [-0.15, -0.1) is 0 Å². The topological polar surface area (TPSA) is 43.4 Å². The number of ether oxygens (including phenoxy) is 1. The Morgan fingerprint density at radius 2 is 1.64 bits per heavy atom. The lowest BCUT2D eigenvalue weighted by molar-refractivity contribution is -0.150. The first-order valence-electron chi connectivity index (χ1n) is 7.22. The van der Waals surface area contributed by atoms with Crippen LogP contribution in [0.4, 0.5) is 0 Å². The van der Waals surface area contributed by atoms with Gasteiger partial charge in [-0.1, -0.05) is 42.5 Å². The van der Waals surface area contributed by atoms with E-state index in [0.29, 0.717) is 0 Å². The van der Waals surface area contributed by atoms with Crippen LogP contribution in [0.1, 0.15) is 33.3 Å². The van der Waals surface area contributed by atoms with Gasteiger partial charge in [-0.3, -0.25) is 4.79 Å². The summed E-state index contributed by atoms with van der Waals surface area (Å²) >= 11 is 0. The molecule has 114 valence electrons. The average Bonchev–Trinajstić information content (AvgIpc) is 2.42. The number of fused-ring (bicyclic) bond motifs is 1. The predicted molar refractivity (Wildman–Crippen MR) is 88.5 cm³/mol. The number of carbonyl (C=O) groups excluding carboxylic acids is 2. The van der Waals surface area contributed by atoms with Crippen molar-refractivity contribution in [2.24, 2.45) is 0 Å². The van der Waals surface area contributed by atoms with Gasteiger partial charge in [0, 0.05) is 0 Å². The van der Waals surface area contributed by atoms with Crippen molar-refractivity contribution in [1.82, 2.24) is 0 Å². The third kappa shape index (κ3) is 3.82. The maximum Gasteiger partial charge on any atom is 0.342 e. The van der Waals surface area contributed by atoms with Crippen molar-refractivity contribution >= 4 is 28.6 Å². The third-order valence-corrected chi connectivity index (χ3v) is 3.12. The van der Waals surface area contributed by atoms with Crippen LogP contribution >= 0.6 is 0 Å². The van der Waals surface area contributed by atoms with Crippen LogP contribution in [0.25, 0.3) is 16.8 Å². The highest BCUT2D eigenvalue weighted by atomic mass is 16.6. The van der Waals surface area contributed by atoms with Gasteiger partial charge in [0.2, 0.25) is 0 Å². The van der Waals surface area contributed by atoms with Gasteiger partial charge in [0.15, 0.2) is 5.78 Å². The van der Waals surface area contributed by atoms with Crippen molar-refractivity contribution in [3.8, 4) is 0 Å². The summed E-state index contributed by atoms with van der Waals surface area (Å²) in [5.74, 6) is -0.893. The molecule has 0 heterocycles. The molecule has 0 saturated carbocycles. The first-order valence-corrected chi connectivity index (χ1v) is 7.22. The van der Waals surface area contributed by atoms with Crippen LogP contribution in [0.2, 0.25) is 0 Å². The third-order valence-electron chi connectivity index (χ3n) is 3.12. The SMILES string of the molecule is CC(=O)C(=Cc1cccc2ccccc12)C(=O)OC(C)(C)C. The summed E-state index contributed by atoms with van der Waals surface area (Å²) < 4.78 is 5.32. The fourth-order valence-electron chi connectivity index (χ4n) is 2.17. The fraction of sp³-hybridized carbons (Fsp3) is 0.263. The Bertz CT molecular complexity index is 743. The largest absolute Gasteiger partial charge is 0.456 e. The van der Waals surface area contributed by atoms with Gasteiger partial charge in [-0.05, 0) is 50.1 Å². The lowest BCUT2D eigenvalue weighted by atomic mass is 10.0. The monoisotopic (exact) mass is 296 g/mol. The molecule has 0 spiro atoms. The minimum atomic E-state index is -0.635. The molecule has 0 N–H and O–H groups in total. The van der Waals surface area contributed by atoms with Crippen LogP contribution < -0.4 is 0 Å². The van der Waals surface area contributed by atoms with Crippen LogP contribution in [0.15, 0.2) is 48.0 Å². The predicted octanol–water partition coefficient (Wildman–Crippen LogP) is 4.15. The van der Waals surface area contributed by atoms with E-state index < -0.39 is 11.6 Å². The van der Waals surface area contributed by atoms with E-state index in [2.05, 4.69) is 0 Å². The van der Waals surface area contributed by atoms with Gasteiger partial charge < -0.3 is 4.74 Å². The second kappa shape index (κ2) is 6.14. The summed E-state index contributed by atoms with van der Waals surface area (Å²) in [4.78, 5) is 24.1. The molecule has 0 aliphatic heterocycles.